The molecule has 30 heavy (non-hydrogen) atoms. The first-order valence-electron chi connectivity index (χ1n) is 8.81. The first kappa shape index (κ1) is 22.0. The summed E-state index contributed by atoms with van der Waals surface area (Å²) in [6.45, 7) is 0.833. The Balaban J connectivity index is 1.59. The van der Waals surface area contributed by atoms with Crippen LogP contribution in [0.3, 0.4) is 0 Å². The Morgan fingerprint density at radius 3 is 2.70 bits per heavy atom. The van der Waals surface area contributed by atoms with Gasteiger partial charge < -0.3 is 24.4 Å². The summed E-state index contributed by atoms with van der Waals surface area (Å²) in [6.07, 6.45) is -5.35. The fourth-order valence-corrected chi connectivity index (χ4v) is 3.03. The lowest BCUT2D eigenvalue weighted by molar-refractivity contribution is -0.274. The van der Waals surface area contributed by atoms with Gasteiger partial charge in [-0.3, -0.25) is 0 Å². The third-order valence-corrected chi connectivity index (χ3v) is 4.46. The second kappa shape index (κ2) is 9.43. The zero-order valence-corrected chi connectivity index (χ0v) is 16.2. The standard InChI is InChI=1S/C19H17F5N2O3S/c20-12-5-6-14(21)17(9-12)28-11-13-10-26(7-8-27-13)18(30)25-15-3-1-2-4-16(15)29-19(22,23)24/h1-6,9,13H,7-8,10-11H2,(H,25,30). The fraction of sp³-hybridized carbons (Fsp3) is 0.316. The first-order valence-corrected chi connectivity index (χ1v) is 9.22. The van der Waals surface area contributed by atoms with Crippen molar-refractivity contribution in [3.8, 4) is 11.5 Å². The molecule has 0 amide bonds. The van der Waals surface area contributed by atoms with Crippen molar-refractivity contribution in [2.75, 3.05) is 31.6 Å². The predicted octanol–water partition coefficient (Wildman–Crippen LogP) is 4.34. The molecule has 0 radical (unpaired) electrons. The van der Waals surface area contributed by atoms with Gasteiger partial charge in [0.1, 0.15) is 18.5 Å². The summed E-state index contributed by atoms with van der Waals surface area (Å²) in [5.41, 5.74) is 0.0564. The van der Waals surface area contributed by atoms with E-state index in [1.54, 1.807) is 4.90 Å². The molecule has 1 atom stereocenters. The van der Waals surface area contributed by atoms with Gasteiger partial charge in [0, 0.05) is 19.2 Å². The number of hydrogen-bond acceptors (Lipinski definition) is 4. The molecule has 0 spiro atoms. The highest BCUT2D eigenvalue weighted by Gasteiger charge is 2.32. The van der Waals surface area contributed by atoms with Gasteiger partial charge in [0.15, 0.2) is 22.4 Å². The monoisotopic (exact) mass is 448 g/mol. The first-order chi connectivity index (χ1) is 14.2. The van der Waals surface area contributed by atoms with Crippen molar-refractivity contribution in [2.45, 2.75) is 12.5 Å². The summed E-state index contributed by atoms with van der Waals surface area (Å²) in [4.78, 5) is 1.68. The number of alkyl halides is 3. The minimum absolute atomic E-state index is 0.0564. The molecule has 11 heteroatoms. The van der Waals surface area contributed by atoms with Gasteiger partial charge in [-0.05, 0) is 36.5 Å². The van der Waals surface area contributed by atoms with Crippen molar-refractivity contribution in [3.63, 3.8) is 0 Å². The molecule has 0 aromatic heterocycles. The van der Waals surface area contributed by atoms with E-state index in [2.05, 4.69) is 10.1 Å². The molecule has 1 fully saturated rings. The quantitative estimate of drug-likeness (QED) is 0.542. The maximum absolute atomic E-state index is 13.7. The lowest BCUT2D eigenvalue weighted by atomic mass is 10.2. The Kier molecular flexibility index (Phi) is 6.93. The average Bonchev–Trinajstić information content (AvgIpc) is 2.69. The molecule has 0 bridgehead atoms. The zero-order chi connectivity index (χ0) is 21.7. The van der Waals surface area contributed by atoms with E-state index in [-0.39, 0.29) is 36.3 Å². The maximum atomic E-state index is 13.7. The normalized spacial score (nSPS) is 16.8. The Bertz CT molecular complexity index is 897. The maximum Gasteiger partial charge on any atom is 0.573 e. The number of para-hydroxylation sites is 2. The van der Waals surface area contributed by atoms with Crippen LogP contribution in [-0.4, -0.2) is 48.8 Å². The summed E-state index contributed by atoms with van der Waals surface area (Å²) in [5.74, 6) is -2.00. The second-order valence-corrected chi connectivity index (χ2v) is 6.69. The van der Waals surface area contributed by atoms with E-state index in [1.807, 2.05) is 0 Å². The number of nitrogens with one attached hydrogen (secondary N) is 1. The van der Waals surface area contributed by atoms with Crippen molar-refractivity contribution in [2.24, 2.45) is 0 Å². The van der Waals surface area contributed by atoms with Gasteiger partial charge in [0.25, 0.3) is 0 Å². The van der Waals surface area contributed by atoms with E-state index in [0.29, 0.717) is 6.54 Å². The van der Waals surface area contributed by atoms with Crippen molar-refractivity contribution < 1.29 is 36.2 Å². The van der Waals surface area contributed by atoms with Crippen molar-refractivity contribution in [1.29, 1.82) is 0 Å². The van der Waals surface area contributed by atoms with E-state index < -0.39 is 29.9 Å². The zero-order valence-electron chi connectivity index (χ0n) is 15.4. The van der Waals surface area contributed by atoms with Crippen LogP contribution in [0.25, 0.3) is 0 Å². The minimum atomic E-state index is -4.84. The molecule has 1 aliphatic heterocycles. The highest BCUT2D eigenvalue weighted by Crippen LogP contribution is 2.30. The van der Waals surface area contributed by atoms with E-state index in [0.717, 1.165) is 18.2 Å². The lowest BCUT2D eigenvalue weighted by Gasteiger charge is -2.34. The highest BCUT2D eigenvalue weighted by molar-refractivity contribution is 7.80. The van der Waals surface area contributed by atoms with Crippen LogP contribution >= 0.6 is 12.2 Å². The molecular formula is C19H17F5N2O3S. The number of benzene rings is 2. The van der Waals surface area contributed by atoms with Gasteiger partial charge in [0.2, 0.25) is 0 Å². The number of halogens is 5. The molecule has 162 valence electrons. The van der Waals surface area contributed by atoms with Crippen LogP contribution in [0.15, 0.2) is 42.5 Å². The molecule has 1 saturated heterocycles. The van der Waals surface area contributed by atoms with Gasteiger partial charge in [-0.15, -0.1) is 13.2 Å². The smallest absolute Gasteiger partial charge is 0.488 e. The lowest BCUT2D eigenvalue weighted by Crippen LogP contribution is -2.49. The van der Waals surface area contributed by atoms with Gasteiger partial charge in [-0.2, -0.15) is 0 Å². The number of ether oxygens (including phenoxy) is 3. The number of morpholine rings is 1. The van der Waals surface area contributed by atoms with Crippen LogP contribution in [0.2, 0.25) is 0 Å². The third kappa shape index (κ3) is 6.17. The molecule has 1 N–H and O–H groups in total. The Morgan fingerprint density at radius 1 is 1.17 bits per heavy atom. The number of rotatable bonds is 5. The van der Waals surface area contributed by atoms with E-state index >= 15 is 0 Å². The summed E-state index contributed by atoms with van der Waals surface area (Å²) in [7, 11) is 0. The summed E-state index contributed by atoms with van der Waals surface area (Å²) in [6, 6.07) is 8.38. The molecule has 1 unspecified atom stereocenters. The Hall–Kier alpha value is -2.66. The average molecular weight is 448 g/mol. The third-order valence-electron chi connectivity index (χ3n) is 4.10. The molecule has 5 nitrogen and oxygen atoms in total. The predicted molar refractivity (Wildman–Crippen MR) is 103 cm³/mol. The van der Waals surface area contributed by atoms with Gasteiger partial charge in [-0.25, -0.2) is 8.78 Å². The van der Waals surface area contributed by atoms with Crippen molar-refractivity contribution in [3.05, 3.63) is 54.1 Å². The molecular weight excluding hydrogens is 431 g/mol. The van der Waals surface area contributed by atoms with E-state index in [9.17, 15) is 22.0 Å². The van der Waals surface area contributed by atoms with Crippen LogP contribution in [0.1, 0.15) is 0 Å². The topological polar surface area (TPSA) is 43.0 Å². The molecule has 1 heterocycles. The number of anilines is 1. The van der Waals surface area contributed by atoms with Gasteiger partial charge in [0.05, 0.1) is 12.3 Å². The van der Waals surface area contributed by atoms with Crippen molar-refractivity contribution >= 4 is 23.0 Å². The van der Waals surface area contributed by atoms with Crippen molar-refractivity contribution in [1.82, 2.24) is 4.90 Å². The summed E-state index contributed by atoms with van der Waals surface area (Å²) < 4.78 is 79.4. The van der Waals surface area contributed by atoms with Crippen LogP contribution in [0.4, 0.5) is 27.6 Å². The van der Waals surface area contributed by atoms with Crippen LogP contribution in [0, 0.1) is 11.6 Å². The number of nitrogens with zero attached hydrogens (tertiary/aromatic N) is 1. The van der Waals surface area contributed by atoms with Crippen LogP contribution in [-0.2, 0) is 4.74 Å². The highest BCUT2D eigenvalue weighted by atomic mass is 32.1. The second-order valence-electron chi connectivity index (χ2n) is 6.30. The Labute approximate surface area is 174 Å². The molecule has 2 aromatic carbocycles. The number of hydrogen-bond donors (Lipinski definition) is 1. The SMILES string of the molecule is Fc1ccc(F)c(OCC2CN(C(=S)Nc3ccccc3OC(F)(F)F)CCO2)c1. The molecule has 3 rings (SSSR count). The summed E-state index contributed by atoms with van der Waals surface area (Å²) >= 11 is 5.30. The van der Waals surface area contributed by atoms with Crippen LogP contribution < -0.4 is 14.8 Å². The van der Waals surface area contributed by atoms with Gasteiger partial charge in [-0.1, -0.05) is 12.1 Å². The fourth-order valence-electron chi connectivity index (χ4n) is 2.75. The van der Waals surface area contributed by atoms with E-state index in [1.165, 1.54) is 24.3 Å². The summed E-state index contributed by atoms with van der Waals surface area (Å²) in [5, 5.41) is 2.91. The molecule has 0 aliphatic carbocycles. The van der Waals surface area contributed by atoms with E-state index in [4.69, 9.17) is 21.7 Å². The molecule has 1 aliphatic rings. The minimum Gasteiger partial charge on any atom is -0.488 e. The van der Waals surface area contributed by atoms with Crippen LogP contribution in [0.5, 0.6) is 11.5 Å². The number of thiocarbonyl (C=S) groups is 1. The molecule has 2 aromatic rings. The molecule has 0 saturated carbocycles. The largest absolute Gasteiger partial charge is 0.573 e. The van der Waals surface area contributed by atoms with Gasteiger partial charge >= 0.3 is 6.36 Å². The Morgan fingerprint density at radius 2 is 1.93 bits per heavy atom.